The topological polar surface area (TPSA) is 40.6 Å². The van der Waals surface area contributed by atoms with Gasteiger partial charge in [-0.1, -0.05) is 37.1 Å². The molecule has 150 valence electrons. The summed E-state index contributed by atoms with van der Waals surface area (Å²) >= 11 is 0. The molecule has 0 radical (unpaired) electrons. The van der Waals surface area contributed by atoms with Crippen molar-refractivity contribution in [2.24, 2.45) is 5.41 Å². The number of piperidine rings is 1. The number of fused-ring (bicyclic) bond motifs is 1. The number of nitrogens with zero attached hydrogens (tertiary/aromatic N) is 2. The standard InChI is InChI=1S/C24H32N2O2/c27-22-15-24(12-3-4-13-24)16-23(28)26(22)21-9-7-20(8-10-21)25-14-11-18-5-1-2-6-19(18)17-25/h1-2,5-6,20-21H,3-4,7-17H2. The normalized spacial score (nSPS) is 30.6. The lowest BCUT2D eigenvalue weighted by Crippen LogP contribution is -2.54. The molecule has 2 amide bonds. The summed E-state index contributed by atoms with van der Waals surface area (Å²) in [6, 6.07) is 9.55. The summed E-state index contributed by atoms with van der Waals surface area (Å²) < 4.78 is 0. The minimum atomic E-state index is 0.0169. The van der Waals surface area contributed by atoms with Gasteiger partial charge in [-0.05, 0) is 61.5 Å². The minimum Gasteiger partial charge on any atom is -0.296 e. The first-order valence-electron chi connectivity index (χ1n) is 11.3. The molecule has 4 nitrogen and oxygen atoms in total. The highest BCUT2D eigenvalue weighted by atomic mass is 16.2. The van der Waals surface area contributed by atoms with Crippen molar-refractivity contribution in [3.63, 3.8) is 0 Å². The number of amides is 2. The first kappa shape index (κ1) is 18.4. The second kappa shape index (κ2) is 7.29. The van der Waals surface area contributed by atoms with Gasteiger partial charge in [0.15, 0.2) is 0 Å². The van der Waals surface area contributed by atoms with Crippen molar-refractivity contribution >= 4 is 11.8 Å². The van der Waals surface area contributed by atoms with Gasteiger partial charge >= 0.3 is 0 Å². The van der Waals surface area contributed by atoms with Crippen LogP contribution in [0.25, 0.3) is 0 Å². The molecule has 3 fully saturated rings. The van der Waals surface area contributed by atoms with Crippen LogP contribution in [0.3, 0.4) is 0 Å². The number of imide groups is 1. The van der Waals surface area contributed by atoms with Gasteiger partial charge in [0.1, 0.15) is 0 Å². The van der Waals surface area contributed by atoms with Crippen molar-refractivity contribution < 1.29 is 9.59 Å². The molecule has 2 aliphatic heterocycles. The molecule has 28 heavy (non-hydrogen) atoms. The Hall–Kier alpha value is -1.68. The van der Waals surface area contributed by atoms with Gasteiger partial charge in [-0.3, -0.25) is 19.4 Å². The van der Waals surface area contributed by atoms with Gasteiger partial charge in [0.05, 0.1) is 0 Å². The van der Waals surface area contributed by atoms with E-state index in [1.54, 1.807) is 4.90 Å². The van der Waals surface area contributed by atoms with Crippen molar-refractivity contribution in [3.8, 4) is 0 Å². The minimum absolute atomic E-state index is 0.0169. The zero-order valence-corrected chi connectivity index (χ0v) is 16.9. The molecular formula is C24H32N2O2. The maximum atomic E-state index is 12.9. The molecule has 0 N–H and O–H groups in total. The number of hydrogen-bond donors (Lipinski definition) is 0. The Kier molecular flexibility index (Phi) is 4.78. The molecule has 1 spiro atoms. The van der Waals surface area contributed by atoms with E-state index in [-0.39, 0.29) is 23.3 Å². The summed E-state index contributed by atoms with van der Waals surface area (Å²) in [4.78, 5) is 30.1. The smallest absolute Gasteiger partial charge is 0.229 e. The number of carbonyl (C=O) groups is 2. The van der Waals surface area contributed by atoms with E-state index in [9.17, 15) is 9.59 Å². The van der Waals surface area contributed by atoms with Gasteiger partial charge in [0.25, 0.3) is 0 Å². The van der Waals surface area contributed by atoms with Gasteiger partial charge in [-0.15, -0.1) is 0 Å². The van der Waals surface area contributed by atoms with Crippen LogP contribution in [-0.2, 0) is 22.6 Å². The maximum absolute atomic E-state index is 12.9. The molecule has 0 bridgehead atoms. The number of benzene rings is 1. The molecule has 0 unspecified atom stereocenters. The van der Waals surface area contributed by atoms with Crippen molar-refractivity contribution in [1.82, 2.24) is 9.80 Å². The molecule has 2 saturated carbocycles. The van der Waals surface area contributed by atoms with Gasteiger partial charge in [-0.2, -0.15) is 0 Å². The fourth-order valence-corrected chi connectivity index (χ4v) is 6.41. The van der Waals surface area contributed by atoms with Crippen LogP contribution < -0.4 is 0 Å². The van der Waals surface area contributed by atoms with Gasteiger partial charge in [0, 0.05) is 38.0 Å². The summed E-state index contributed by atoms with van der Waals surface area (Å²) in [7, 11) is 0. The third-order valence-corrected chi connectivity index (χ3v) is 7.96. The third-order valence-electron chi connectivity index (χ3n) is 7.96. The predicted molar refractivity (Wildman–Crippen MR) is 109 cm³/mol. The second-order valence-electron chi connectivity index (χ2n) is 9.67. The lowest BCUT2D eigenvalue weighted by Gasteiger charge is -2.45. The van der Waals surface area contributed by atoms with Crippen LogP contribution in [0.4, 0.5) is 0 Å². The Morgan fingerprint density at radius 3 is 2.11 bits per heavy atom. The Bertz CT molecular complexity index is 740. The fourth-order valence-electron chi connectivity index (χ4n) is 6.41. The van der Waals surface area contributed by atoms with E-state index in [1.807, 2.05) is 0 Å². The molecule has 2 aliphatic carbocycles. The van der Waals surface area contributed by atoms with E-state index in [0.717, 1.165) is 58.0 Å². The summed E-state index contributed by atoms with van der Waals surface area (Å²) in [5.74, 6) is 0.238. The largest absolute Gasteiger partial charge is 0.296 e. The maximum Gasteiger partial charge on any atom is 0.229 e. The summed E-state index contributed by atoms with van der Waals surface area (Å²) in [6.45, 7) is 2.19. The Labute approximate surface area is 168 Å². The van der Waals surface area contributed by atoms with Crippen LogP contribution in [-0.4, -0.2) is 40.2 Å². The SMILES string of the molecule is O=C1CC2(CCCC2)CC(=O)N1C1CCC(N2CCc3ccccc3C2)CC1. The van der Waals surface area contributed by atoms with Gasteiger partial charge in [0.2, 0.25) is 11.8 Å². The molecule has 1 aromatic rings. The van der Waals surface area contributed by atoms with Crippen LogP contribution in [0.5, 0.6) is 0 Å². The number of likely N-dealkylation sites (tertiary alicyclic amines) is 1. The summed E-state index contributed by atoms with van der Waals surface area (Å²) in [6.07, 6.45) is 11.0. The molecule has 2 heterocycles. The van der Waals surface area contributed by atoms with Crippen LogP contribution in [0.1, 0.15) is 75.3 Å². The van der Waals surface area contributed by atoms with Crippen LogP contribution >= 0.6 is 0 Å². The molecule has 0 aromatic heterocycles. The number of carbonyl (C=O) groups excluding carboxylic acids is 2. The summed E-state index contributed by atoms with van der Waals surface area (Å²) in [5, 5.41) is 0. The number of hydrogen-bond acceptors (Lipinski definition) is 3. The Morgan fingerprint density at radius 2 is 1.43 bits per heavy atom. The van der Waals surface area contributed by atoms with Crippen molar-refractivity contribution in [3.05, 3.63) is 35.4 Å². The van der Waals surface area contributed by atoms with Crippen LogP contribution in [0.2, 0.25) is 0 Å². The van der Waals surface area contributed by atoms with E-state index in [2.05, 4.69) is 29.2 Å². The van der Waals surface area contributed by atoms with E-state index >= 15 is 0 Å². The Morgan fingerprint density at radius 1 is 0.821 bits per heavy atom. The average molecular weight is 381 g/mol. The van der Waals surface area contributed by atoms with Crippen molar-refractivity contribution in [1.29, 1.82) is 0 Å². The lowest BCUT2D eigenvalue weighted by atomic mass is 9.75. The molecule has 1 aromatic carbocycles. The predicted octanol–water partition coefficient (Wildman–Crippen LogP) is 4.07. The van der Waals surface area contributed by atoms with Gasteiger partial charge < -0.3 is 0 Å². The zero-order chi connectivity index (χ0) is 19.1. The molecule has 5 rings (SSSR count). The van der Waals surface area contributed by atoms with E-state index in [0.29, 0.717) is 18.9 Å². The molecular weight excluding hydrogens is 348 g/mol. The molecule has 1 saturated heterocycles. The first-order chi connectivity index (χ1) is 13.6. The van der Waals surface area contributed by atoms with E-state index < -0.39 is 0 Å². The van der Waals surface area contributed by atoms with Crippen LogP contribution in [0.15, 0.2) is 24.3 Å². The molecule has 4 aliphatic rings. The highest BCUT2D eigenvalue weighted by Crippen LogP contribution is 2.47. The quantitative estimate of drug-likeness (QED) is 0.727. The highest BCUT2D eigenvalue weighted by Gasteiger charge is 2.47. The lowest BCUT2D eigenvalue weighted by molar-refractivity contribution is -0.157. The average Bonchev–Trinajstić information content (AvgIpc) is 3.15. The number of rotatable bonds is 2. The highest BCUT2D eigenvalue weighted by molar-refractivity contribution is 5.99. The fraction of sp³-hybridized carbons (Fsp3) is 0.667. The summed E-state index contributed by atoms with van der Waals surface area (Å²) in [5.41, 5.74) is 2.99. The first-order valence-corrected chi connectivity index (χ1v) is 11.3. The zero-order valence-electron chi connectivity index (χ0n) is 16.9. The van der Waals surface area contributed by atoms with E-state index in [4.69, 9.17) is 0 Å². The Balaban J connectivity index is 1.20. The molecule has 0 atom stereocenters. The van der Waals surface area contributed by atoms with Crippen molar-refractivity contribution in [2.45, 2.75) is 89.3 Å². The second-order valence-corrected chi connectivity index (χ2v) is 9.67. The van der Waals surface area contributed by atoms with E-state index in [1.165, 1.54) is 24.0 Å². The monoisotopic (exact) mass is 380 g/mol. The van der Waals surface area contributed by atoms with Gasteiger partial charge in [-0.25, -0.2) is 0 Å². The molecule has 4 heteroatoms. The third kappa shape index (κ3) is 3.30. The van der Waals surface area contributed by atoms with Crippen LogP contribution in [0, 0.1) is 5.41 Å². The van der Waals surface area contributed by atoms with Crippen molar-refractivity contribution in [2.75, 3.05) is 6.54 Å².